The third-order valence-corrected chi connectivity index (χ3v) is 6.83. The Morgan fingerprint density at radius 1 is 1.03 bits per heavy atom. The first kappa shape index (κ1) is 17.8. The molecule has 4 aromatic rings. The topological polar surface area (TPSA) is 67.9 Å². The SMILES string of the molecule is Clc1cccc(-c2noc([C@H]3CC34CCN(c3ncnc5ccccc35)CC4)n2)c1. The van der Waals surface area contributed by atoms with E-state index >= 15 is 0 Å². The summed E-state index contributed by atoms with van der Waals surface area (Å²) in [5.41, 5.74) is 2.15. The van der Waals surface area contributed by atoms with E-state index in [1.54, 1.807) is 6.33 Å². The van der Waals surface area contributed by atoms with E-state index in [2.05, 4.69) is 31.1 Å². The number of hydrogen-bond donors (Lipinski definition) is 0. The monoisotopic (exact) mass is 417 g/mol. The maximum Gasteiger partial charge on any atom is 0.230 e. The van der Waals surface area contributed by atoms with Crippen molar-refractivity contribution in [3.63, 3.8) is 0 Å². The molecule has 150 valence electrons. The summed E-state index contributed by atoms with van der Waals surface area (Å²) >= 11 is 6.09. The average Bonchev–Trinajstić information content (AvgIpc) is 3.25. The van der Waals surface area contributed by atoms with Crippen LogP contribution in [-0.2, 0) is 0 Å². The lowest BCUT2D eigenvalue weighted by Crippen LogP contribution is -2.35. The van der Waals surface area contributed by atoms with Gasteiger partial charge in [0, 0.05) is 35.0 Å². The van der Waals surface area contributed by atoms with Crippen LogP contribution in [0.15, 0.2) is 59.4 Å². The van der Waals surface area contributed by atoms with Gasteiger partial charge in [0.2, 0.25) is 11.7 Å². The second-order valence-corrected chi connectivity index (χ2v) is 8.72. The minimum absolute atomic E-state index is 0.275. The van der Waals surface area contributed by atoms with Crippen molar-refractivity contribution in [1.29, 1.82) is 0 Å². The first-order valence-electron chi connectivity index (χ1n) is 10.3. The van der Waals surface area contributed by atoms with Crippen molar-refractivity contribution in [2.24, 2.45) is 5.41 Å². The number of para-hydroxylation sites is 1. The molecule has 1 aliphatic heterocycles. The normalized spacial score (nSPS) is 20.0. The number of aromatic nitrogens is 4. The van der Waals surface area contributed by atoms with Crippen molar-refractivity contribution < 1.29 is 4.52 Å². The molecule has 0 amide bonds. The summed E-state index contributed by atoms with van der Waals surface area (Å²) < 4.78 is 5.64. The largest absolute Gasteiger partial charge is 0.356 e. The first-order chi connectivity index (χ1) is 14.7. The van der Waals surface area contributed by atoms with E-state index < -0.39 is 0 Å². The van der Waals surface area contributed by atoms with Gasteiger partial charge in [-0.2, -0.15) is 4.98 Å². The smallest absolute Gasteiger partial charge is 0.230 e. The third-order valence-electron chi connectivity index (χ3n) is 6.59. The molecule has 7 heteroatoms. The molecule has 2 aliphatic rings. The number of fused-ring (bicyclic) bond motifs is 1. The molecule has 0 unspecified atom stereocenters. The number of anilines is 1. The highest BCUT2D eigenvalue weighted by molar-refractivity contribution is 6.30. The van der Waals surface area contributed by atoms with Gasteiger partial charge in [0.15, 0.2) is 0 Å². The molecule has 1 saturated heterocycles. The molecular formula is C23H20ClN5O. The molecule has 6 nitrogen and oxygen atoms in total. The van der Waals surface area contributed by atoms with Gasteiger partial charge >= 0.3 is 0 Å². The molecule has 6 rings (SSSR count). The zero-order valence-electron chi connectivity index (χ0n) is 16.3. The Morgan fingerprint density at radius 3 is 2.77 bits per heavy atom. The highest BCUT2D eigenvalue weighted by atomic mass is 35.5. The number of benzene rings is 2. The van der Waals surface area contributed by atoms with Crippen LogP contribution in [0.4, 0.5) is 5.82 Å². The van der Waals surface area contributed by atoms with E-state index in [0.29, 0.717) is 16.8 Å². The first-order valence-corrected chi connectivity index (χ1v) is 10.6. The quantitative estimate of drug-likeness (QED) is 0.461. The maximum atomic E-state index is 6.09. The lowest BCUT2D eigenvalue weighted by Gasteiger charge is -2.33. The maximum absolute atomic E-state index is 6.09. The van der Waals surface area contributed by atoms with Crippen molar-refractivity contribution in [3.8, 4) is 11.4 Å². The second-order valence-electron chi connectivity index (χ2n) is 8.29. The van der Waals surface area contributed by atoms with E-state index in [9.17, 15) is 0 Å². The van der Waals surface area contributed by atoms with Crippen molar-refractivity contribution in [2.45, 2.75) is 25.2 Å². The van der Waals surface area contributed by atoms with Crippen LogP contribution in [-0.4, -0.2) is 33.2 Å². The molecule has 0 N–H and O–H groups in total. The van der Waals surface area contributed by atoms with Crippen LogP contribution in [0, 0.1) is 5.41 Å². The van der Waals surface area contributed by atoms with Gasteiger partial charge in [-0.25, -0.2) is 9.97 Å². The van der Waals surface area contributed by atoms with E-state index in [0.717, 1.165) is 60.5 Å². The van der Waals surface area contributed by atoms with Crippen LogP contribution in [0.3, 0.4) is 0 Å². The predicted molar refractivity (Wildman–Crippen MR) is 116 cm³/mol. The Bertz CT molecular complexity index is 1230. The van der Waals surface area contributed by atoms with Gasteiger partial charge in [-0.3, -0.25) is 0 Å². The molecular weight excluding hydrogens is 398 g/mol. The molecule has 30 heavy (non-hydrogen) atoms. The van der Waals surface area contributed by atoms with Gasteiger partial charge in [0.25, 0.3) is 0 Å². The van der Waals surface area contributed by atoms with Gasteiger partial charge in [-0.05, 0) is 48.9 Å². The molecule has 1 spiro atoms. The highest BCUT2D eigenvalue weighted by Crippen LogP contribution is 2.64. The standard InChI is InChI=1S/C23H20ClN5O/c24-16-5-3-4-15(12-16)20-27-22(30-28-20)18-13-23(18)8-10-29(11-9-23)21-17-6-1-2-7-19(17)25-14-26-21/h1-7,12,14,18H,8-11,13H2/t18-/m1/s1. The average molecular weight is 418 g/mol. The van der Waals surface area contributed by atoms with Crippen molar-refractivity contribution in [2.75, 3.05) is 18.0 Å². The number of nitrogens with zero attached hydrogens (tertiary/aromatic N) is 5. The molecule has 2 aromatic carbocycles. The Labute approximate surface area is 178 Å². The summed E-state index contributed by atoms with van der Waals surface area (Å²) in [6, 6.07) is 15.8. The van der Waals surface area contributed by atoms with Crippen molar-refractivity contribution in [3.05, 3.63) is 65.8 Å². The fourth-order valence-electron chi connectivity index (χ4n) is 4.78. The summed E-state index contributed by atoms with van der Waals surface area (Å²) in [5.74, 6) is 2.75. The molecule has 1 aliphatic carbocycles. The Kier molecular flexibility index (Phi) is 4.03. The van der Waals surface area contributed by atoms with Crippen LogP contribution in [0.1, 0.15) is 31.1 Å². The van der Waals surface area contributed by atoms with Crippen molar-refractivity contribution in [1.82, 2.24) is 20.1 Å². The minimum Gasteiger partial charge on any atom is -0.356 e. The highest BCUT2D eigenvalue weighted by Gasteiger charge is 2.58. The molecule has 0 bridgehead atoms. The molecule has 2 fully saturated rings. The Balaban J connectivity index is 1.18. The van der Waals surface area contributed by atoms with E-state index in [4.69, 9.17) is 16.1 Å². The molecule has 2 aromatic heterocycles. The summed E-state index contributed by atoms with van der Waals surface area (Å²) in [6.07, 6.45) is 4.98. The number of piperidine rings is 1. The fourth-order valence-corrected chi connectivity index (χ4v) is 4.97. The summed E-state index contributed by atoms with van der Waals surface area (Å²) in [6.45, 7) is 1.96. The summed E-state index contributed by atoms with van der Waals surface area (Å²) in [5, 5.41) is 5.98. The Morgan fingerprint density at radius 2 is 1.90 bits per heavy atom. The van der Waals surface area contributed by atoms with Crippen molar-refractivity contribution >= 4 is 28.3 Å². The van der Waals surface area contributed by atoms with E-state index in [1.807, 2.05) is 42.5 Å². The van der Waals surface area contributed by atoms with Gasteiger partial charge in [-0.1, -0.05) is 41.0 Å². The summed E-state index contributed by atoms with van der Waals surface area (Å²) in [7, 11) is 0. The van der Waals surface area contributed by atoms with E-state index in [-0.39, 0.29) is 5.41 Å². The predicted octanol–water partition coefficient (Wildman–Crippen LogP) is 5.11. The number of hydrogen-bond acceptors (Lipinski definition) is 6. The van der Waals surface area contributed by atoms with Crippen LogP contribution in [0.2, 0.25) is 5.02 Å². The molecule has 3 heterocycles. The third kappa shape index (κ3) is 2.94. The van der Waals surface area contributed by atoms with Gasteiger partial charge in [0.05, 0.1) is 5.52 Å². The van der Waals surface area contributed by atoms with Crippen LogP contribution >= 0.6 is 11.6 Å². The lowest BCUT2D eigenvalue weighted by atomic mass is 9.90. The minimum atomic E-state index is 0.275. The Hall–Kier alpha value is -2.99. The van der Waals surface area contributed by atoms with Crippen LogP contribution < -0.4 is 4.90 Å². The number of halogens is 1. The van der Waals surface area contributed by atoms with Gasteiger partial charge in [-0.15, -0.1) is 0 Å². The van der Waals surface area contributed by atoms with Gasteiger partial charge < -0.3 is 9.42 Å². The van der Waals surface area contributed by atoms with E-state index in [1.165, 1.54) is 0 Å². The fraction of sp³-hybridized carbons (Fsp3) is 0.304. The lowest BCUT2D eigenvalue weighted by molar-refractivity contribution is 0.326. The van der Waals surface area contributed by atoms with Crippen LogP contribution in [0.5, 0.6) is 0 Å². The van der Waals surface area contributed by atoms with Gasteiger partial charge in [0.1, 0.15) is 12.1 Å². The van der Waals surface area contributed by atoms with Crippen LogP contribution in [0.25, 0.3) is 22.3 Å². The molecule has 0 radical (unpaired) electrons. The summed E-state index contributed by atoms with van der Waals surface area (Å²) in [4.78, 5) is 16.0. The molecule has 1 atom stereocenters. The zero-order chi connectivity index (χ0) is 20.1. The second kappa shape index (κ2) is 6.77. The zero-order valence-corrected chi connectivity index (χ0v) is 17.1. The molecule has 1 saturated carbocycles. The number of rotatable bonds is 3.